The molecule has 0 spiro atoms. The maximum atomic E-state index is 13.3. The van der Waals surface area contributed by atoms with Crippen LogP contribution in [0.4, 0.5) is 23.2 Å². The Bertz CT molecular complexity index is 848. The Morgan fingerprint density at radius 2 is 1.83 bits per heavy atom. The van der Waals surface area contributed by atoms with Gasteiger partial charge in [-0.1, -0.05) is 6.07 Å². The molecule has 1 N–H and O–H groups in total. The number of carbonyl (C=O) groups is 1. The Labute approximate surface area is 166 Å². The molecular formula is C20H22F4N2O3. The molecule has 9 heteroatoms. The number of benzene rings is 2. The highest BCUT2D eigenvalue weighted by Crippen LogP contribution is 2.30. The summed E-state index contributed by atoms with van der Waals surface area (Å²) in [4.78, 5) is 14.1. The molecule has 0 aliphatic heterocycles. The molecule has 0 heterocycles. The molecule has 2 aromatic carbocycles. The lowest BCUT2D eigenvalue weighted by molar-refractivity contribution is -0.120. The number of carbonyl (C=O) groups excluding carboxylic acids is 1. The normalized spacial score (nSPS) is 12.2. The summed E-state index contributed by atoms with van der Waals surface area (Å²) < 4.78 is 61.1. The van der Waals surface area contributed by atoms with Crippen molar-refractivity contribution in [2.24, 2.45) is 0 Å². The van der Waals surface area contributed by atoms with E-state index in [1.165, 1.54) is 12.1 Å². The molecule has 1 atom stereocenters. The van der Waals surface area contributed by atoms with Crippen molar-refractivity contribution >= 4 is 11.6 Å². The monoisotopic (exact) mass is 414 g/mol. The zero-order chi connectivity index (χ0) is 21.6. The van der Waals surface area contributed by atoms with Crippen LogP contribution in [0, 0.1) is 11.6 Å². The Morgan fingerprint density at radius 3 is 2.45 bits per heavy atom. The van der Waals surface area contributed by atoms with Crippen LogP contribution in [0.15, 0.2) is 36.4 Å². The van der Waals surface area contributed by atoms with Gasteiger partial charge in [-0.05, 0) is 50.7 Å². The Kier molecular flexibility index (Phi) is 7.83. The van der Waals surface area contributed by atoms with E-state index < -0.39 is 30.2 Å². The number of hydrogen-bond donors (Lipinski definition) is 1. The van der Waals surface area contributed by atoms with Crippen LogP contribution in [0.5, 0.6) is 11.5 Å². The maximum Gasteiger partial charge on any atom is 0.387 e. The first-order valence-electron chi connectivity index (χ1n) is 8.88. The van der Waals surface area contributed by atoms with Gasteiger partial charge >= 0.3 is 6.61 Å². The number of hydrogen-bond acceptors (Lipinski definition) is 4. The van der Waals surface area contributed by atoms with Crippen molar-refractivity contribution < 1.29 is 31.8 Å². The number of alkyl halides is 2. The number of rotatable bonds is 9. The molecule has 29 heavy (non-hydrogen) atoms. The first kappa shape index (κ1) is 22.5. The van der Waals surface area contributed by atoms with Gasteiger partial charge in [0.15, 0.2) is 23.1 Å². The van der Waals surface area contributed by atoms with Crippen LogP contribution in [0.2, 0.25) is 0 Å². The predicted molar refractivity (Wildman–Crippen MR) is 100 cm³/mol. The van der Waals surface area contributed by atoms with Gasteiger partial charge in [-0.2, -0.15) is 8.78 Å². The summed E-state index contributed by atoms with van der Waals surface area (Å²) in [6.45, 7) is 0.971. The fraction of sp³-hybridized carbons (Fsp3) is 0.350. The topological polar surface area (TPSA) is 50.8 Å². The van der Waals surface area contributed by atoms with E-state index in [0.717, 1.165) is 12.1 Å². The van der Waals surface area contributed by atoms with E-state index in [4.69, 9.17) is 4.74 Å². The van der Waals surface area contributed by atoms with Gasteiger partial charge < -0.3 is 14.8 Å². The van der Waals surface area contributed by atoms with Crippen molar-refractivity contribution in [2.45, 2.75) is 33.0 Å². The zero-order valence-corrected chi connectivity index (χ0v) is 16.2. The molecule has 0 saturated heterocycles. The van der Waals surface area contributed by atoms with Crippen molar-refractivity contribution in [3.8, 4) is 11.5 Å². The first-order chi connectivity index (χ1) is 13.7. The number of anilines is 1. The minimum Gasteiger partial charge on any atom is -0.490 e. The third-order valence-corrected chi connectivity index (χ3v) is 4.18. The summed E-state index contributed by atoms with van der Waals surface area (Å²) in [7, 11) is 1.69. The van der Waals surface area contributed by atoms with E-state index in [1.807, 2.05) is 0 Å². The van der Waals surface area contributed by atoms with Crippen molar-refractivity contribution in [3.05, 3.63) is 53.6 Å². The van der Waals surface area contributed by atoms with E-state index in [0.29, 0.717) is 12.1 Å². The minimum absolute atomic E-state index is 0.0719. The molecule has 5 nitrogen and oxygen atoms in total. The Hall–Kier alpha value is -2.81. The highest BCUT2D eigenvalue weighted by atomic mass is 19.3. The van der Waals surface area contributed by atoms with Crippen molar-refractivity contribution in [1.29, 1.82) is 0 Å². The van der Waals surface area contributed by atoms with E-state index in [1.54, 1.807) is 37.9 Å². The largest absolute Gasteiger partial charge is 0.490 e. The van der Waals surface area contributed by atoms with Crippen LogP contribution in [-0.2, 0) is 11.3 Å². The molecule has 0 aliphatic carbocycles. The van der Waals surface area contributed by atoms with E-state index in [2.05, 4.69) is 10.1 Å². The maximum absolute atomic E-state index is 13.3. The lowest BCUT2D eigenvalue weighted by Gasteiger charge is -2.24. The number of ether oxygens (including phenoxy) is 2. The number of likely N-dealkylation sites (N-methyl/N-ethyl adjacent to an activating group) is 1. The number of nitrogens with zero attached hydrogens (tertiary/aromatic N) is 1. The average molecular weight is 414 g/mol. The van der Waals surface area contributed by atoms with Crippen LogP contribution < -0.4 is 14.8 Å². The van der Waals surface area contributed by atoms with Crippen molar-refractivity contribution in [1.82, 2.24) is 4.90 Å². The van der Waals surface area contributed by atoms with Crippen LogP contribution in [-0.4, -0.2) is 37.1 Å². The summed E-state index contributed by atoms with van der Waals surface area (Å²) in [5, 5.41) is 2.52. The van der Waals surface area contributed by atoms with Gasteiger partial charge in [0, 0.05) is 18.3 Å². The molecular weight excluding hydrogens is 392 g/mol. The summed E-state index contributed by atoms with van der Waals surface area (Å²) in [6.07, 6.45) is 0. The van der Waals surface area contributed by atoms with Gasteiger partial charge in [0.2, 0.25) is 5.91 Å². The third-order valence-electron chi connectivity index (χ3n) is 4.18. The molecule has 0 aromatic heterocycles. The lowest BCUT2D eigenvalue weighted by Crippen LogP contribution is -2.39. The Morgan fingerprint density at radius 1 is 1.10 bits per heavy atom. The van der Waals surface area contributed by atoms with E-state index in [9.17, 15) is 22.4 Å². The van der Waals surface area contributed by atoms with Crippen LogP contribution >= 0.6 is 0 Å². The summed E-state index contributed by atoms with van der Waals surface area (Å²) in [5.74, 6) is -2.37. The van der Waals surface area contributed by atoms with Gasteiger partial charge in [-0.25, -0.2) is 8.78 Å². The summed E-state index contributed by atoms with van der Waals surface area (Å²) in [6, 6.07) is 7.02. The van der Waals surface area contributed by atoms with Crippen LogP contribution in [0.3, 0.4) is 0 Å². The fourth-order valence-corrected chi connectivity index (χ4v) is 2.56. The standard InChI is InChI=1S/C20H22F4N2O3/c1-4-28-18-9-13(5-8-17(18)29-20(23)24)11-26(3)12(2)19(27)25-14-6-7-15(21)16(22)10-14/h5-10,12,20H,4,11H2,1-3H3,(H,25,27). The number of amides is 1. The van der Waals surface area contributed by atoms with E-state index in [-0.39, 0.29) is 23.8 Å². The smallest absolute Gasteiger partial charge is 0.387 e. The van der Waals surface area contributed by atoms with Gasteiger partial charge in [0.05, 0.1) is 12.6 Å². The molecule has 158 valence electrons. The predicted octanol–water partition coefficient (Wildman–Crippen LogP) is 4.42. The highest BCUT2D eigenvalue weighted by molar-refractivity contribution is 5.94. The minimum atomic E-state index is -2.97. The average Bonchev–Trinajstić information content (AvgIpc) is 2.66. The molecule has 0 bridgehead atoms. The third kappa shape index (κ3) is 6.35. The van der Waals surface area contributed by atoms with E-state index >= 15 is 0 Å². The molecule has 2 aromatic rings. The van der Waals surface area contributed by atoms with Crippen LogP contribution in [0.1, 0.15) is 19.4 Å². The van der Waals surface area contributed by atoms with Gasteiger partial charge in [-0.3, -0.25) is 9.69 Å². The van der Waals surface area contributed by atoms with Crippen molar-refractivity contribution in [2.75, 3.05) is 19.0 Å². The van der Waals surface area contributed by atoms with Crippen molar-refractivity contribution in [3.63, 3.8) is 0 Å². The molecule has 0 radical (unpaired) electrons. The molecule has 0 fully saturated rings. The molecule has 0 saturated carbocycles. The highest BCUT2D eigenvalue weighted by Gasteiger charge is 2.20. The van der Waals surface area contributed by atoms with Gasteiger partial charge in [0.25, 0.3) is 0 Å². The summed E-state index contributed by atoms with van der Waals surface area (Å²) in [5.41, 5.74) is 0.853. The second-order valence-electron chi connectivity index (χ2n) is 6.30. The molecule has 0 aliphatic rings. The zero-order valence-electron chi connectivity index (χ0n) is 16.2. The number of nitrogens with one attached hydrogen (secondary N) is 1. The second-order valence-corrected chi connectivity index (χ2v) is 6.30. The molecule has 1 unspecified atom stereocenters. The Balaban J connectivity index is 2.05. The quantitative estimate of drug-likeness (QED) is 0.617. The van der Waals surface area contributed by atoms with Crippen LogP contribution in [0.25, 0.3) is 0 Å². The molecule has 1 amide bonds. The lowest BCUT2D eigenvalue weighted by atomic mass is 10.1. The summed E-state index contributed by atoms with van der Waals surface area (Å²) >= 11 is 0. The fourth-order valence-electron chi connectivity index (χ4n) is 2.56. The van der Waals surface area contributed by atoms with Gasteiger partial charge in [-0.15, -0.1) is 0 Å². The van der Waals surface area contributed by atoms with Gasteiger partial charge in [0.1, 0.15) is 0 Å². The first-order valence-corrected chi connectivity index (χ1v) is 8.88. The SMILES string of the molecule is CCOc1cc(CN(C)C(C)C(=O)Nc2ccc(F)c(F)c2)ccc1OC(F)F. The number of halogens is 4. The second kappa shape index (κ2) is 10.1. The molecule has 2 rings (SSSR count).